The van der Waals surface area contributed by atoms with Crippen molar-refractivity contribution >= 4 is 35.7 Å². The summed E-state index contributed by atoms with van der Waals surface area (Å²) >= 11 is 2.28. The van der Waals surface area contributed by atoms with Crippen molar-refractivity contribution < 1.29 is 0 Å². The van der Waals surface area contributed by atoms with Gasteiger partial charge in [0.25, 0.3) is 0 Å². The average Bonchev–Trinajstić information content (AvgIpc) is 2.33. The lowest BCUT2D eigenvalue weighted by molar-refractivity contribution is 1.03. The summed E-state index contributed by atoms with van der Waals surface area (Å²) in [5, 5.41) is 0. The zero-order valence-electron chi connectivity index (χ0n) is 10.2. The molecule has 0 unspecified atom stereocenters. The third kappa shape index (κ3) is 3.32. The van der Waals surface area contributed by atoms with Crippen molar-refractivity contribution in [3.8, 4) is 0 Å². The van der Waals surface area contributed by atoms with Gasteiger partial charge in [-0.25, -0.2) is 4.98 Å². The van der Waals surface area contributed by atoms with Gasteiger partial charge in [-0.2, -0.15) is 0 Å². The van der Waals surface area contributed by atoms with Crippen LogP contribution in [-0.2, 0) is 0 Å². The molecule has 92 valence electrons. The zero-order valence-corrected chi connectivity index (χ0v) is 13.2. The van der Waals surface area contributed by atoms with Crippen LogP contribution in [0.3, 0.4) is 0 Å². The Labute approximate surface area is 124 Å². The first-order chi connectivity index (χ1) is 8.70. The van der Waals surface area contributed by atoms with Crippen LogP contribution in [0.1, 0.15) is 17.1 Å². The van der Waals surface area contributed by atoms with Crippen LogP contribution >= 0.6 is 30.1 Å². The minimum Gasteiger partial charge on any atom is -0.257 e. The Bertz CT molecular complexity index is 571. The first-order valence-corrected chi connectivity index (χ1v) is 8.92. The van der Waals surface area contributed by atoms with Crippen molar-refractivity contribution in [1.82, 2.24) is 9.97 Å². The molecular formula is C14H13IN2S. The second-order valence-corrected chi connectivity index (χ2v) is 5.86. The van der Waals surface area contributed by atoms with E-state index >= 15 is 0 Å². The van der Waals surface area contributed by atoms with Crippen molar-refractivity contribution in [1.29, 1.82) is 0 Å². The van der Waals surface area contributed by atoms with E-state index in [4.69, 9.17) is 0 Å². The normalized spacial score (nSPS) is 24.2. The molecule has 0 saturated heterocycles. The Morgan fingerprint density at radius 3 is 2.56 bits per heavy atom. The molecule has 0 radical (unpaired) electrons. The number of aromatic nitrogens is 2. The van der Waals surface area contributed by atoms with Gasteiger partial charge in [0, 0.05) is 31.7 Å². The molecule has 1 aliphatic rings. The molecule has 2 nitrogen and oxygen atoms in total. The lowest BCUT2D eigenvalue weighted by atomic mass is 10.1. The Morgan fingerprint density at radius 1 is 1.06 bits per heavy atom. The number of aryl methyl sites for hydroxylation is 2. The fraction of sp³-hybridized carbons (Fsp3) is 0.143. The Hall–Kier alpha value is -0.880. The van der Waals surface area contributed by atoms with Gasteiger partial charge in [0.15, 0.2) is 0 Å². The van der Waals surface area contributed by atoms with Crippen molar-refractivity contribution in [3.05, 3.63) is 64.6 Å². The van der Waals surface area contributed by atoms with Gasteiger partial charge in [-0.3, -0.25) is 4.98 Å². The highest BCUT2D eigenvalue weighted by Crippen LogP contribution is 2.26. The van der Waals surface area contributed by atoms with Crippen LogP contribution in [0.25, 0.3) is 5.57 Å². The van der Waals surface area contributed by atoms with E-state index in [1.807, 2.05) is 32.2 Å². The molecule has 0 N–H and O–H groups in total. The summed E-state index contributed by atoms with van der Waals surface area (Å²) in [7, 11) is 1.71. The van der Waals surface area contributed by atoms with Gasteiger partial charge < -0.3 is 0 Å². The van der Waals surface area contributed by atoms with Crippen LogP contribution in [0, 0.1) is 13.8 Å². The van der Waals surface area contributed by atoms with Crippen LogP contribution in [0.5, 0.6) is 0 Å². The fourth-order valence-corrected chi connectivity index (χ4v) is 2.65. The van der Waals surface area contributed by atoms with Gasteiger partial charge in [-0.15, -0.1) is 0 Å². The molecular weight excluding hydrogens is 355 g/mol. The molecule has 1 aliphatic carbocycles. The average molecular weight is 368 g/mol. The van der Waals surface area contributed by atoms with Crippen molar-refractivity contribution in [2.45, 2.75) is 13.8 Å². The molecule has 0 aliphatic heterocycles. The molecule has 18 heavy (non-hydrogen) atoms. The maximum absolute atomic E-state index is 4.56. The largest absolute Gasteiger partial charge is 0.257 e. The van der Waals surface area contributed by atoms with Crippen molar-refractivity contribution in [2.24, 2.45) is 0 Å². The minimum absolute atomic E-state index is 0.915. The molecule has 0 atom stereocenters. The van der Waals surface area contributed by atoms with E-state index in [9.17, 15) is 0 Å². The summed E-state index contributed by atoms with van der Waals surface area (Å²) in [5.74, 6) is 0. The maximum Gasteiger partial charge on any atom is 0.0888 e. The maximum atomic E-state index is 4.56. The number of nitrogens with zero attached hydrogens (tertiary/aromatic N) is 2. The Balaban J connectivity index is 2.32. The third-order valence-corrected chi connectivity index (χ3v) is 4.63. The van der Waals surface area contributed by atoms with Gasteiger partial charge in [-0.1, -0.05) is 33.2 Å². The number of rotatable bonds is 2. The molecule has 0 amide bonds. The zero-order chi connectivity index (χ0) is 13.0. The summed E-state index contributed by atoms with van der Waals surface area (Å²) in [6.45, 7) is 3.96. The topological polar surface area (TPSA) is 25.8 Å². The molecule has 0 saturated carbocycles. The fourth-order valence-electron chi connectivity index (χ4n) is 1.51. The van der Waals surface area contributed by atoms with E-state index in [0.29, 0.717) is 0 Å². The highest BCUT2D eigenvalue weighted by atomic mass is 127. The highest BCUT2D eigenvalue weighted by molar-refractivity contribution is 14.2. The van der Waals surface area contributed by atoms with Gasteiger partial charge in [0.05, 0.1) is 23.3 Å². The van der Waals surface area contributed by atoms with E-state index in [-0.39, 0.29) is 0 Å². The van der Waals surface area contributed by atoms with Crippen LogP contribution in [0.15, 0.2) is 47.6 Å². The van der Waals surface area contributed by atoms with Crippen LogP contribution in [0.2, 0.25) is 0 Å². The Morgan fingerprint density at radius 2 is 1.83 bits per heavy atom. The minimum atomic E-state index is 0.915. The van der Waals surface area contributed by atoms with E-state index in [1.165, 1.54) is 4.91 Å². The van der Waals surface area contributed by atoms with Crippen molar-refractivity contribution in [3.63, 3.8) is 0 Å². The molecule has 0 fully saturated rings. The lowest BCUT2D eigenvalue weighted by Crippen LogP contribution is -1.96. The van der Waals surface area contributed by atoms with E-state index in [2.05, 4.69) is 55.5 Å². The quantitative estimate of drug-likeness (QED) is 0.716. The van der Waals surface area contributed by atoms with Crippen LogP contribution < -0.4 is 0 Å². The summed E-state index contributed by atoms with van der Waals surface area (Å²) in [6, 6.07) is 0. The van der Waals surface area contributed by atoms with Gasteiger partial charge in [0.2, 0.25) is 0 Å². The molecule has 1 aromatic heterocycles. The molecule has 2 rings (SSSR count). The van der Waals surface area contributed by atoms with E-state index in [1.54, 1.807) is 8.93 Å². The third-order valence-electron chi connectivity index (χ3n) is 2.65. The highest BCUT2D eigenvalue weighted by Gasteiger charge is 2.03. The predicted molar refractivity (Wildman–Crippen MR) is 87.5 cm³/mol. The molecule has 0 spiro atoms. The smallest absolute Gasteiger partial charge is 0.0888 e. The molecule has 1 aromatic rings. The summed E-state index contributed by atoms with van der Waals surface area (Å²) in [6.07, 6.45) is 14.2. The van der Waals surface area contributed by atoms with Crippen molar-refractivity contribution in [2.75, 3.05) is 0 Å². The molecule has 0 bridgehead atoms. The molecule has 4 heteroatoms. The number of halogens is 1. The van der Waals surface area contributed by atoms with Gasteiger partial charge in [-0.05, 0) is 26.0 Å². The predicted octanol–water partition coefficient (Wildman–Crippen LogP) is 4.57. The van der Waals surface area contributed by atoms with Gasteiger partial charge >= 0.3 is 0 Å². The number of hydrogen-bond donors (Lipinski definition) is 0. The standard InChI is InChI=1S/C14H13IN2S/c1-10-11(2)17-14(9-16-10)12-5-3-7-13(18-15)8-4-6-12/h3-9H,1-2H3/b5-3-,6-4?,7-3?,8-4-,12-5?,12-6+,13-7+,13-8?. The van der Waals surface area contributed by atoms with Crippen LogP contribution in [0.4, 0.5) is 0 Å². The summed E-state index contributed by atoms with van der Waals surface area (Å²) in [5.41, 5.74) is 3.95. The summed E-state index contributed by atoms with van der Waals surface area (Å²) < 4.78 is 0. The lowest BCUT2D eigenvalue weighted by Gasteiger charge is -2.05. The monoisotopic (exact) mass is 368 g/mol. The number of allylic oxidation sites excluding steroid dienone is 7. The second kappa shape index (κ2) is 6.33. The first-order valence-electron chi connectivity index (χ1n) is 5.56. The Kier molecular flexibility index (Phi) is 4.77. The van der Waals surface area contributed by atoms with Crippen LogP contribution in [-0.4, -0.2) is 9.97 Å². The molecule has 0 aromatic carbocycles. The molecule has 1 heterocycles. The SMILES string of the molecule is Cc1ncc(C2=C/C=C\C(SI)=C/C=C\2)nc1C. The second-order valence-electron chi connectivity index (χ2n) is 3.91. The van der Waals surface area contributed by atoms with E-state index in [0.717, 1.165) is 22.7 Å². The van der Waals surface area contributed by atoms with Gasteiger partial charge in [0.1, 0.15) is 0 Å². The van der Waals surface area contributed by atoms with E-state index < -0.39 is 0 Å². The number of hydrogen-bond acceptors (Lipinski definition) is 3. The summed E-state index contributed by atoms with van der Waals surface area (Å²) in [4.78, 5) is 10.2. The first kappa shape index (κ1) is 13.5.